The molecule has 19 heavy (non-hydrogen) atoms. The van der Waals surface area contributed by atoms with Gasteiger partial charge in [0.1, 0.15) is 5.52 Å². The number of aliphatic carboxylic acids is 1. The van der Waals surface area contributed by atoms with Gasteiger partial charge >= 0.3 is 5.97 Å². The van der Waals surface area contributed by atoms with Crippen LogP contribution in [0.2, 0.25) is 0 Å². The molecule has 0 saturated heterocycles. The second-order valence-corrected chi connectivity index (χ2v) is 5.24. The molecule has 0 atom stereocenters. The summed E-state index contributed by atoms with van der Waals surface area (Å²) in [6.07, 6.45) is 6.85. The van der Waals surface area contributed by atoms with E-state index in [2.05, 4.69) is 21.5 Å². The van der Waals surface area contributed by atoms with Gasteiger partial charge in [0.05, 0.1) is 17.5 Å². The molecule has 6 heteroatoms. The fourth-order valence-corrected chi connectivity index (χ4v) is 2.69. The molecular weight excluding hydrogens is 262 g/mol. The van der Waals surface area contributed by atoms with E-state index in [0.717, 1.165) is 42.0 Å². The molecule has 0 aliphatic carbocycles. The topological polar surface area (TPSA) is 68.0 Å². The third kappa shape index (κ3) is 3.47. The third-order valence-corrected chi connectivity index (χ3v) is 3.79. The van der Waals surface area contributed by atoms with Crippen LogP contribution in [-0.4, -0.2) is 31.4 Å². The SMILES string of the molecule is CCCCCn1c(SCC(=O)O)nc2cnccc21. The highest BCUT2D eigenvalue weighted by molar-refractivity contribution is 7.99. The van der Waals surface area contributed by atoms with Crippen molar-refractivity contribution in [2.24, 2.45) is 0 Å². The van der Waals surface area contributed by atoms with Gasteiger partial charge in [0.15, 0.2) is 5.16 Å². The number of fused-ring (bicyclic) bond motifs is 1. The zero-order chi connectivity index (χ0) is 13.7. The number of aryl methyl sites for hydroxylation is 1. The first-order chi connectivity index (χ1) is 9.22. The molecule has 0 bridgehead atoms. The highest BCUT2D eigenvalue weighted by atomic mass is 32.2. The quantitative estimate of drug-likeness (QED) is 0.623. The average molecular weight is 279 g/mol. The summed E-state index contributed by atoms with van der Waals surface area (Å²) in [4.78, 5) is 19.2. The molecule has 2 heterocycles. The van der Waals surface area contributed by atoms with Gasteiger partial charge < -0.3 is 9.67 Å². The van der Waals surface area contributed by atoms with Crippen molar-refractivity contribution >= 4 is 28.8 Å². The van der Waals surface area contributed by atoms with Crippen molar-refractivity contribution in [2.75, 3.05) is 5.75 Å². The maximum atomic E-state index is 10.7. The molecule has 5 nitrogen and oxygen atoms in total. The molecule has 1 N–H and O–H groups in total. The fraction of sp³-hybridized carbons (Fsp3) is 0.462. The highest BCUT2D eigenvalue weighted by Gasteiger charge is 2.12. The number of carboxylic acid groups (broad SMARTS) is 1. The Bertz CT molecular complexity index is 568. The molecule has 2 rings (SSSR count). The summed E-state index contributed by atoms with van der Waals surface area (Å²) in [5.74, 6) is -0.792. The molecule has 0 aliphatic rings. The molecule has 2 aromatic rings. The van der Waals surface area contributed by atoms with E-state index in [4.69, 9.17) is 5.11 Å². The van der Waals surface area contributed by atoms with Gasteiger partial charge in [-0.2, -0.15) is 0 Å². The van der Waals surface area contributed by atoms with E-state index in [-0.39, 0.29) is 5.75 Å². The van der Waals surface area contributed by atoms with Crippen LogP contribution in [0.3, 0.4) is 0 Å². The summed E-state index contributed by atoms with van der Waals surface area (Å²) < 4.78 is 2.10. The predicted molar refractivity (Wildman–Crippen MR) is 75.4 cm³/mol. The van der Waals surface area contributed by atoms with Crippen molar-refractivity contribution in [1.29, 1.82) is 0 Å². The molecule has 2 aromatic heterocycles. The van der Waals surface area contributed by atoms with Crippen molar-refractivity contribution in [3.05, 3.63) is 18.5 Å². The number of carbonyl (C=O) groups is 1. The number of unbranched alkanes of at least 4 members (excludes halogenated alkanes) is 2. The molecule has 0 aliphatic heterocycles. The van der Waals surface area contributed by atoms with Gasteiger partial charge in [0, 0.05) is 12.7 Å². The molecule has 0 unspecified atom stereocenters. The maximum Gasteiger partial charge on any atom is 0.313 e. The molecule has 0 aromatic carbocycles. The van der Waals surface area contributed by atoms with Gasteiger partial charge in [-0.15, -0.1) is 0 Å². The third-order valence-electron chi connectivity index (χ3n) is 2.83. The fourth-order valence-electron chi connectivity index (χ4n) is 1.93. The molecule has 0 fully saturated rings. The predicted octanol–water partition coefficient (Wildman–Crippen LogP) is 2.80. The maximum absolute atomic E-state index is 10.7. The first-order valence-corrected chi connectivity index (χ1v) is 7.35. The van der Waals surface area contributed by atoms with Gasteiger partial charge in [-0.05, 0) is 12.5 Å². The number of nitrogens with zero attached hydrogens (tertiary/aromatic N) is 3. The molecule has 0 radical (unpaired) electrons. The minimum Gasteiger partial charge on any atom is -0.481 e. The normalized spacial score (nSPS) is 11.0. The highest BCUT2D eigenvalue weighted by Crippen LogP contribution is 2.24. The van der Waals surface area contributed by atoms with Crippen LogP contribution in [0.1, 0.15) is 26.2 Å². The zero-order valence-corrected chi connectivity index (χ0v) is 11.7. The number of pyridine rings is 1. The Morgan fingerprint density at radius 1 is 1.47 bits per heavy atom. The standard InChI is InChI=1S/C13H17N3O2S/c1-2-3-4-7-16-11-5-6-14-8-10(11)15-13(16)19-9-12(17)18/h5-6,8H,2-4,7,9H2,1H3,(H,17,18). The summed E-state index contributed by atoms with van der Waals surface area (Å²) in [7, 11) is 0. The van der Waals surface area contributed by atoms with Gasteiger partial charge in [-0.3, -0.25) is 9.78 Å². The van der Waals surface area contributed by atoms with Crippen LogP contribution in [-0.2, 0) is 11.3 Å². The van der Waals surface area contributed by atoms with Crippen LogP contribution in [0.4, 0.5) is 0 Å². The number of imidazole rings is 1. The molecule has 0 spiro atoms. The number of rotatable bonds is 7. The summed E-state index contributed by atoms with van der Waals surface area (Å²) in [6, 6.07) is 1.93. The Balaban J connectivity index is 2.26. The van der Waals surface area contributed by atoms with E-state index in [1.54, 1.807) is 12.4 Å². The van der Waals surface area contributed by atoms with E-state index in [0.29, 0.717) is 0 Å². The first kappa shape index (κ1) is 13.9. The van der Waals surface area contributed by atoms with Crippen molar-refractivity contribution < 1.29 is 9.90 Å². The largest absolute Gasteiger partial charge is 0.481 e. The van der Waals surface area contributed by atoms with Crippen LogP contribution in [0.15, 0.2) is 23.6 Å². The summed E-state index contributed by atoms with van der Waals surface area (Å²) in [6.45, 7) is 3.03. The van der Waals surface area contributed by atoms with E-state index < -0.39 is 5.97 Å². The van der Waals surface area contributed by atoms with Gasteiger partial charge in [-0.1, -0.05) is 31.5 Å². The second-order valence-electron chi connectivity index (χ2n) is 4.30. The van der Waals surface area contributed by atoms with Crippen LogP contribution in [0.25, 0.3) is 11.0 Å². The minimum atomic E-state index is -0.824. The number of hydrogen-bond acceptors (Lipinski definition) is 4. The Hall–Kier alpha value is -1.56. The lowest BCUT2D eigenvalue weighted by Gasteiger charge is -2.07. The summed E-state index contributed by atoms with van der Waals surface area (Å²) in [5, 5.41) is 9.55. The van der Waals surface area contributed by atoms with E-state index in [9.17, 15) is 4.79 Å². The van der Waals surface area contributed by atoms with Gasteiger partial charge in [0.25, 0.3) is 0 Å². The lowest BCUT2D eigenvalue weighted by Crippen LogP contribution is -2.03. The molecular formula is C13H17N3O2S. The first-order valence-electron chi connectivity index (χ1n) is 6.37. The van der Waals surface area contributed by atoms with Crippen LogP contribution < -0.4 is 0 Å². The molecule has 0 saturated carbocycles. The lowest BCUT2D eigenvalue weighted by atomic mass is 10.2. The molecule has 0 amide bonds. The van der Waals surface area contributed by atoms with Crippen molar-refractivity contribution in [3.8, 4) is 0 Å². The Kier molecular flexibility index (Phi) is 4.79. The zero-order valence-electron chi connectivity index (χ0n) is 10.9. The summed E-state index contributed by atoms with van der Waals surface area (Å²) in [5.41, 5.74) is 1.85. The van der Waals surface area contributed by atoms with Crippen molar-refractivity contribution in [1.82, 2.24) is 14.5 Å². The lowest BCUT2D eigenvalue weighted by molar-refractivity contribution is -0.133. The van der Waals surface area contributed by atoms with Crippen molar-refractivity contribution in [3.63, 3.8) is 0 Å². The van der Waals surface area contributed by atoms with Crippen LogP contribution in [0, 0.1) is 0 Å². The Morgan fingerprint density at radius 2 is 2.32 bits per heavy atom. The van der Waals surface area contributed by atoms with Gasteiger partial charge in [0.2, 0.25) is 0 Å². The van der Waals surface area contributed by atoms with Crippen LogP contribution >= 0.6 is 11.8 Å². The number of carboxylic acids is 1. The smallest absolute Gasteiger partial charge is 0.313 e. The minimum absolute atomic E-state index is 0.0323. The number of thioether (sulfide) groups is 1. The summed E-state index contributed by atoms with van der Waals surface area (Å²) >= 11 is 1.26. The number of aromatic nitrogens is 3. The van der Waals surface area contributed by atoms with E-state index >= 15 is 0 Å². The number of hydrogen-bond donors (Lipinski definition) is 1. The van der Waals surface area contributed by atoms with Crippen molar-refractivity contribution in [2.45, 2.75) is 37.9 Å². The second kappa shape index (κ2) is 6.56. The van der Waals surface area contributed by atoms with Gasteiger partial charge in [-0.25, -0.2) is 4.98 Å². The van der Waals surface area contributed by atoms with E-state index in [1.807, 2.05) is 6.07 Å². The molecule has 102 valence electrons. The van der Waals surface area contributed by atoms with Crippen LogP contribution in [0.5, 0.6) is 0 Å². The Morgan fingerprint density at radius 3 is 3.05 bits per heavy atom. The monoisotopic (exact) mass is 279 g/mol. The average Bonchev–Trinajstić information content (AvgIpc) is 2.75. The Labute approximate surface area is 116 Å². The van der Waals surface area contributed by atoms with E-state index in [1.165, 1.54) is 11.8 Å².